The van der Waals surface area contributed by atoms with Crippen molar-refractivity contribution in [3.63, 3.8) is 0 Å². The van der Waals surface area contributed by atoms with Crippen LogP contribution in [0.3, 0.4) is 0 Å². The highest BCUT2D eigenvalue weighted by atomic mass is 35.5. The monoisotopic (exact) mass is 355 g/mol. The summed E-state index contributed by atoms with van der Waals surface area (Å²) in [4.78, 5) is 28.2. The largest absolute Gasteiger partial charge is 0.337 e. The van der Waals surface area contributed by atoms with Crippen LogP contribution in [0.25, 0.3) is 0 Å². The SMILES string of the molecule is Cc1ccc(N2CC(C(=O)N3CCNC[C@H]3C)CC2=O)c(F)c1.Cl. The zero-order valence-corrected chi connectivity index (χ0v) is 14.7. The lowest BCUT2D eigenvalue weighted by atomic mass is 10.0. The molecule has 1 aromatic rings. The number of rotatable bonds is 2. The van der Waals surface area contributed by atoms with Gasteiger partial charge in [0, 0.05) is 38.6 Å². The number of nitrogens with one attached hydrogen (secondary N) is 1. The molecular weight excluding hydrogens is 333 g/mol. The summed E-state index contributed by atoms with van der Waals surface area (Å²) in [6.07, 6.45) is 0.156. The molecule has 0 spiro atoms. The van der Waals surface area contributed by atoms with Crippen molar-refractivity contribution in [3.05, 3.63) is 29.6 Å². The van der Waals surface area contributed by atoms with Crippen molar-refractivity contribution in [2.24, 2.45) is 5.92 Å². The zero-order chi connectivity index (χ0) is 16.6. The highest BCUT2D eigenvalue weighted by molar-refractivity contribution is 6.00. The van der Waals surface area contributed by atoms with Gasteiger partial charge < -0.3 is 15.1 Å². The molecule has 7 heteroatoms. The second kappa shape index (κ2) is 7.49. The van der Waals surface area contributed by atoms with Crippen molar-refractivity contribution < 1.29 is 14.0 Å². The first-order valence-electron chi connectivity index (χ1n) is 8.05. The topological polar surface area (TPSA) is 52.7 Å². The van der Waals surface area contributed by atoms with Gasteiger partial charge >= 0.3 is 0 Å². The van der Waals surface area contributed by atoms with Crippen LogP contribution in [0.1, 0.15) is 18.9 Å². The number of carbonyl (C=O) groups is 2. The number of nitrogens with zero attached hydrogens (tertiary/aromatic N) is 2. The van der Waals surface area contributed by atoms with E-state index < -0.39 is 5.82 Å². The van der Waals surface area contributed by atoms with Crippen LogP contribution in [0.15, 0.2) is 18.2 Å². The van der Waals surface area contributed by atoms with E-state index in [9.17, 15) is 14.0 Å². The molecule has 0 saturated carbocycles. The molecule has 2 aliphatic rings. The summed E-state index contributed by atoms with van der Waals surface area (Å²) >= 11 is 0. The lowest BCUT2D eigenvalue weighted by molar-refractivity contribution is -0.138. The minimum Gasteiger partial charge on any atom is -0.337 e. The molecule has 0 aliphatic carbocycles. The van der Waals surface area contributed by atoms with Crippen molar-refractivity contribution in [1.82, 2.24) is 10.2 Å². The predicted molar refractivity (Wildman–Crippen MR) is 92.9 cm³/mol. The van der Waals surface area contributed by atoms with Crippen molar-refractivity contribution >= 4 is 29.9 Å². The Balaban J connectivity index is 0.00000208. The minimum absolute atomic E-state index is 0. The Morgan fingerprint density at radius 3 is 2.79 bits per heavy atom. The second-order valence-corrected chi connectivity index (χ2v) is 6.45. The summed E-state index contributed by atoms with van der Waals surface area (Å²) in [7, 11) is 0. The molecule has 3 rings (SSSR count). The number of piperazine rings is 1. The predicted octanol–water partition coefficient (Wildman–Crippen LogP) is 1.73. The first kappa shape index (κ1) is 18.7. The molecule has 2 heterocycles. The van der Waals surface area contributed by atoms with Crippen LogP contribution < -0.4 is 10.2 Å². The van der Waals surface area contributed by atoms with Gasteiger partial charge in [0.15, 0.2) is 0 Å². The number of aryl methyl sites for hydroxylation is 1. The highest BCUT2D eigenvalue weighted by Crippen LogP contribution is 2.29. The van der Waals surface area contributed by atoms with Gasteiger partial charge in [0.25, 0.3) is 0 Å². The Hall–Kier alpha value is -1.66. The average Bonchev–Trinajstić information content (AvgIpc) is 2.89. The molecule has 0 aromatic heterocycles. The van der Waals surface area contributed by atoms with Crippen LogP contribution in [0, 0.1) is 18.7 Å². The number of halogens is 2. The molecule has 5 nitrogen and oxygen atoms in total. The third-order valence-electron chi connectivity index (χ3n) is 4.65. The Bertz CT molecular complexity index is 640. The maximum absolute atomic E-state index is 14.1. The van der Waals surface area contributed by atoms with E-state index in [1.54, 1.807) is 19.1 Å². The van der Waals surface area contributed by atoms with Crippen molar-refractivity contribution in [1.29, 1.82) is 0 Å². The van der Waals surface area contributed by atoms with Crippen LogP contribution in [-0.4, -0.2) is 48.9 Å². The van der Waals surface area contributed by atoms with Crippen LogP contribution in [0.4, 0.5) is 10.1 Å². The second-order valence-electron chi connectivity index (χ2n) is 6.45. The van der Waals surface area contributed by atoms with Crippen LogP contribution >= 0.6 is 12.4 Å². The van der Waals surface area contributed by atoms with E-state index in [0.29, 0.717) is 6.54 Å². The Labute approximate surface area is 147 Å². The summed E-state index contributed by atoms with van der Waals surface area (Å²) < 4.78 is 14.1. The molecule has 0 bridgehead atoms. The molecule has 0 radical (unpaired) electrons. The number of anilines is 1. The van der Waals surface area contributed by atoms with Gasteiger partial charge in [0.1, 0.15) is 5.82 Å². The number of carbonyl (C=O) groups excluding carboxylic acids is 2. The average molecular weight is 356 g/mol. The molecule has 2 aliphatic heterocycles. The molecule has 1 unspecified atom stereocenters. The quantitative estimate of drug-likeness (QED) is 0.879. The summed E-state index contributed by atoms with van der Waals surface area (Å²) in [5.41, 5.74) is 1.07. The maximum atomic E-state index is 14.1. The fourth-order valence-electron chi connectivity index (χ4n) is 3.34. The molecule has 1 aromatic carbocycles. The van der Waals surface area contributed by atoms with E-state index in [0.717, 1.165) is 18.7 Å². The van der Waals surface area contributed by atoms with E-state index in [-0.39, 0.29) is 54.8 Å². The summed E-state index contributed by atoms with van der Waals surface area (Å²) in [5.74, 6) is -0.984. The van der Waals surface area contributed by atoms with Gasteiger partial charge in [-0.2, -0.15) is 0 Å². The van der Waals surface area contributed by atoms with Gasteiger partial charge in [-0.3, -0.25) is 9.59 Å². The molecule has 2 atom stereocenters. The molecule has 2 amide bonds. The number of hydrogen-bond donors (Lipinski definition) is 1. The number of hydrogen-bond acceptors (Lipinski definition) is 3. The first-order chi connectivity index (χ1) is 11.0. The number of amides is 2. The minimum atomic E-state index is -0.415. The van der Waals surface area contributed by atoms with Crippen molar-refractivity contribution in [3.8, 4) is 0 Å². The van der Waals surface area contributed by atoms with Crippen molar-refractivity contribution in [2.75, 3.05) is 31.1 Å². The molecule has 2 fully saturated rings. The summed E-state index contributed by atoms with van der Waals surface area (Å²) in [5, 5.41) is 3.25. The summed E-state index contributed by atoms with van der Waals surface area (Å²) in [6, 6.07) is 4.93. The van der Waals surface area contributed by atoms with Crippen LogP contribution in [0.2, 0.25) is 0 Å². The fourth-order valence-corrected chi connectivity index (χ4v) is 3.34. The van der Waals surface area contributed by atoms with Crippen LogP contribution in [0.5, 0.6) is 0 Å². The van der Waals surface area contributed by atoms with Gasteiger partial charge in [-0.05, 0) is 31.5 Å². The Kier molecular flexibility index (Phi) is 5.83. The van der Waals surface area contributed by atoms with Gasteiger partial charge in [0.05, 0.1) is 11.6 Å². The van der Waals surface area contributed by atoms with E-state index in [1.165, 1.54) is 11.0 Å². The zero-order valence-electron chi connectivity index (χ0n) is 13.9. The van der Waals surface area contributed by atoms with E-state index >= 15 is 0 Å². The maximum Gasteiger partial charge on any atom is 0.228 e. The lowest BCUT2D eigenvalue weighted by Crippen LogP contribution is -2.54. The van der Waals surface area contributed by atoms with Gasteiger partial charge in [-0.15, -0.1) is 12.4 Å². The van der Waals surface area contributed by atoms with Crippen LogP contribution in [-0.2, 0) is 9.59 Å². The lowest BCUT2D eigenvalue weighted by Gasteiger charge is -2.35. The van der Waals surface area contributed by atoms with Gasteiger partial charge in [-0.25, -0.2) is 4.39 Å². The highest BCUT2D eigenvalue weighted by Gasteiger charge is 2.39. The summed E-state index contributed by atoms with van der Waals surface area (Å²) in [6.45, 7) is 6.25. The third-order valence-corrected chi connectivity index (χ3v) is 4.65. The Morgan fingerprint density at radius 2 is 2.12 bits per heavy atom. The first-order valence-corrected chi connectivity index (χ1v) is 8.05. The normalized spacial score (nSPS) is 24.0. The number of benzene rings is 1. The van der Waals surface area contributed by atoms with Gasteiger partial charge in [0.2, 0.25) is 11.8 Å². The molecular formula is C17H23ClFN3O2. The molecule has 132 valence electrons. The Morgan fingerprint density at radius 1 is 1.38 bits per heavy atom. The van der Waals surface area contributed by atoms with E-state index in [2.05, 4.69) is 5.32 Å². The standard InChI is InChI=1S/C17H22FN3O2.ClH/c1-11-3-4-15(14(18)7-11)21-10-13(8-16(21)22)17(23)20-6-5-19-9-12(20)2;/h3-4,7,12-13,19H,5-6,8-10H2,1-2H3;1H/t12-,13?;/m1./s1. The van der Waals surface area contributed by atoms with Gasteiger partial charge in [-0.1, -0.05) is 6.07 Å². The van der Waals surface area contributed by atoms with E-state index in [4.69, 9.17) is 0 Å². The van der Waals surface area contributed by atoms with E-state index in [1.807, 2.05) is 11.8 Å². The molecule has 2 saturated heterocycles. The smallest absolute Gasteiger partial charge is 0.228 e. The fraction of sp³-hybridized carbons (Fsp3) is 0.529. The third kappa shape index (κ3) is 3.54. The molecule has 24 heavy (non-hydrogen) atoms. The molecule has 1 N–H and O–H groups in total. The van der Waals surface area contributed by atoms with Crippen molar-refractivity contribution in [2.45, 2.75) is 26.3 Å².